The number of amides is 2. The first kappa shape index (κ1) is 53.8. The monoisotopic (exact) mass is 1080 g/mol. The molecule has 0 unspecified atom stereocenters. The maximum Gasteiger partial charge on any atom is 0.259 e. The van der Waals surface area contributed by atoms with Crippen molar-refractivity contribution in [3.63, 3.8) is 0 Å². The molecule has 4 aromatic heterocycles. The maximum absolute atomic E-state index is 13.6. The molecule has 73 heavy (non-hydrogen) atoms. The minimum absolute atomic E-state index is 0.0510. The molecular formula is C50H67BrF4N14O4. The summed E-state index contributed by atoms with van der Waals surface area (Å²) >= 11 is 3.38. The predicted molar refractivity (Wildman–Crippen MR) is 276 cm³/mol. The molecule has 10 rings (SSSR count). The lowest BCUT2D eigenvalue weighted by molar-refractivity contribution is -0.0229. The van der Waals surface area contributed by atoms with Crippen LogP contribution in [0.5, 0.6) is 0 Å². The largest absolute Gasteiger partial charge is 0.395 e. The van der Waals surface area contributed by atoms with Gasteiger partial charge in [-0.15, -0.1) is 0 Å². The molecule has 2 saturated carbocycles. The molecule has 396 valence electrons. The molecule has 2 spiro atoms. The smallest absolute Gasteiger partial charge is 0.259 e. The van der Waals surface area contributed by atoms with Crippen LogP contribution in [0.15, 0.2) is 41.3 Å². The first-order chi connectivity index (χ1) is 34.9. The average Bonchev–Trinajstić information content (AvgIpc) is 4.31. The molecule has 18 nitrogen and oxygen atoms in total. The van der Waals surface area contributed by atoms with Crippen molar-refractivity contribution in [1.29, 1.82) is 0 Å². The number of hydrogen-bond donors (Lipinski definition) is 6. The summed E-state index contributed by atoms with van der Waals surface area (Å²) < 4.78 is 54.9. The van der Waals surface area contributed by atoms with Crippen molar-refractivity contribution in [3.8, 4) is 0 Å². The van der Waals surface area contributed by atoms with Crippen LogP contribution in [0.4, 0.5) is 58.3 Å². The first-order valence-electron chi connectivity index (χ1n) is 25.3. The fourth-order valence-corrected chi connectivity index (χ4v) is 10.1. The number of aryl methyl sites for hydroxylation is 2. The summed E-state index contributed by atoms with van der Waals surface area (Å²) in [5, 5.41) is 25.7. The van der Waals surface area contributed by atoms with Crippen LogP contribution in [0.25, 0.3) is 0 Å². The lowest BCUT2D eigenvalue weighted by Gasteiger charge is -2.34. The molecule has 2 amide bonds. The van der Waals surface area contributed by atoms with Crippen LogP contribution in [0.3, 0.4) is 0 Å². The molecule has 0 atom stereocenters. The van der Waals surface area contributed by atoms with E-state index in [1.165, 1.54) is 25.7 Å². The Morgan fingerprint density at radius 3 is 1.37 bits per heavy atom. The molecule has 23 heteroatoms. The Labute approximate surface area is 431 Å². The minimum Gasteiger partial charge on any atom is -0.395 e. The zero-order chi connectivity index (χ0) is 52.0. The second-order valence-corrected chi connectivity index (χ2v) is 21.0. The standard InChI is InChI=1S/C25H33F2N7O2.C23H27BrF2N6O.C2H7NO/c1-17-14-21(32-23(30-17)34-11-6-25(26,27)7-12-34)31-22(36)18-15-20(28-8-13-35)29-16-19(18)33-9-4-24(2-3-24)5-10-33;1-15-12-19(30-21(28-15)32-10-6-23(25,26)7-11-32)29-20(33)16-13-18(24)27-14-17(16)31-8-4-22(2-3-22)5-9-31;3-1-2-4/h14-16,35H,2-13H2,1H3,(H,28,29)(H,30,31,32,36);12-14H,2-11H2,1H3,(H,28,29,30,33);4H,1-3H2. The molecule has 4 aliphatic heterocycles. The van der Waals surface area contributed by atoms with Gasteiger partial charge in [-0.3, -0.25) is 9.59 Å². The highest BCUT2D eigenvalue weighted by molar-refractivity contribution is 9.10. The highest BCUT2D eigenvalue weighted by atomic mass is 79.9. The SMILES string of the molecule is Cc1cc(NC(=O)c2cc(Br)ncc2N2CCC3(CC2)CC3)nc(N2CCC(F)(F)CC2)n1.Cc1cc(NC(=O)c2cc(NCCO)ncc2N2CCC3(CC2)CC3)nc(N2CCC(F)(F)CC2)n1.NCCO. The number of aromatic nitrogens is 6. The number of anilines is 7. The summed E-state index contributed by atoms with van der Waals surface area (Å²) in [6.45, 7) is 8.61. The van der Waals surface area contributed by atoms with Gasteiger partial charge in [0.05, 0.1) is 48.1 Å². The summed E-state index contributed by atoms with van der Waals surface area (Å²) in [7, 11) is 0. The Morgan fingerprint density at radius 2 is 0.973 bits per heavy atom. The molecule has 0 radical (unpaired) electrons. The van der Waals surface area contributed by atoms with Crippen molar-refractivity contribution >= 4 is 68.5 Å². The van der Waals surface area contributed by atoms with Crippen molar-refractivity contribution in [2.45, 2.75) is 103 Å². The number of carbonyl (C=O) groups is 2. The van der Waals surface area contributed by atoms with Crippen molar-refractivity contribution in [2.75, 3.05) is 114 Å². The van der Waals surface area contributed by atoms with E-state index in [0.29, 0.717) is 80.4 Å². The average molecular weight is 1080 g/mol. The number of pyridine rings is 2. The number of rotatable bonds is 12. The number of nitrogens with one attached hydrogen (secondary N) is 3. The second kappa shape index (κ2) is 22.9. The van der Waals surface area contributed by atoms with Gasteiger partial charge in [0.1, 0.15) is 22.1 Å². The number of piperidine rings is 4. The number of hydrogen-bond acceptors (Lipinski definition) is 16. The molecule has 4 saturated heterocycles. The van der Waals surface area contributed by atoms with Crippen molar-refractivity contribution in [1.82, 2.24) is 29.9 Å². The van der Waals surface area contributed by atoms with E-state index in [1.54, 1.807) is 60.3 Å². The zero-order valence-corrected chi connectivity index (χ0v) is 43.2. The Hall–Kier alpha value is -5.52. The molecule has 0 aromatic carbocycles. The van der Waals surface area contributed by atoms with E-state index in [9.17, 15) is 27.2 Å². The number of aliphatic hydroxyl groups is 2. The van der Waals surface area contributed by atoms with Crippen LogP contribution in [-0.4, -0.2) is 142 Å². The van der Waals surface area contributed by atoms with Gasteiger partial charge < -0.3 is 51.5 Å². The molecular weight excluding hydrogens is 1020 g/mol. The van der Waals surface area contributed by atoms with E-state index in [2.05, 4.69) is 71.6 Å². The quantitative estimate of drug-likeness (QED) is 0.0609. The fraction of sp³-hybridized carbons (Fsp3) is 0.600. The zero-order valence-electron chi connectivity index (χ0n) is 41.6. The number of carbonyl (C=O) groups excluding carboxylic acids is 2. The van der Waals surface area contributed by atoms with Gasteiger partial charge in [-0.25, -0.2) is 37.5 Å². The lowest BCUT2D eigenvalue weighted by atomic mass is 9.93. The third-order valence-electron chi connectivity index (χ3n) is 14.7. The van der Waals surface area contributed by atoms with E-state index in [0.717, 1.165) is 63.2 Å². The third kappa shape index (κ3) is 14.2. The number of nitrogens with zero attached hydrogens (tertiary/aromatic N) is 10. The van der Waals surface area contributed by atoms with Crippen LogP contribution < -0.4 is 41.3 Å². The third-order valence-corrected chi connectivity index (χ3v) is 15.2. The van der Waals surface area contributed by atoms with Gasteiger partial charge in [0.2, 0.25) is 11.9 Å². The van der Waals surface area contributed by atoms with E-state index >= 15 is 0 Å². The number of alkyl halides is 4. The van der Waals surface area contributed by atoms with Crippen molar-refractivity contribution in [3.05, 3.63) is 63.8 Å². The summed E-state index contributed by atoms with van der Waals surface area (Å²) in [5.41, 5.74) is 9.69. The van der Waals surface area contributed by atoms with Gasteiger partial charge in [-0.2, -0.15) is 9.97 Å². The van der Waals surface area contributed by atoms with E-state index in [4.69, 9.17) is 15.9 Å². The predicted octanol–water partition coefficient (Wildman–Crippen LogP) is 7.20. The van der Waals surface area contributed by atoms with Gasteiger partial charge in [-0.05, 0) is 104 Å². The maximum atomic E-state index is 13.6. The normalized spacial score (nSPS) is 20.0. The van der Waals surface area contributed by atoms with Crippen LogP contribution in [0, 0.1) is 24.7 Å². The highest BCUT2D eigenvalue weighted by Crippen LogP contribution is 2.55. The topological polar surface area (TPSA) is 227 Å². The molecule has 8 heterocycles. The molecule has 4 aromatic rings. The van der Waals surface area contributed by atoms with Crippen molar-refractivity contribution < 1.29 is 37.4 Å². The minimum atomic E-state index is -2.66. The molecule has 6 fully saturated rings. The lowest BCUT2D eigenvalue weighted by Crippen LogP contribution is -2.40. The van der Waals surface area contributed by atoms with Gasteiger partial charge in [0, 0.05) is 115 Å². The van der Waals surface area contributed by atoms with Gasteiger partial charge in [0.25, 0.3) is 23.7 Å². The van der Waals surface area contributed by atoms with Crippen LogP contribution in [0.2, 0.25) is 0 Å². The van der Waals surface area contributed by atoms with Crippen molar-refractivity contribution in [2.24, 2.45) is 16.6 Å². The van der Waals surface area contributed by atoms with Gasteiger partial charge >= 0.3 is 0 Å². The van der Waals surface area contributed by atoms with Crippen LogP contribution in [-0.2, 0) is 0 Å². The Morgan fingerprint density at radius 1 is 0.575 bits per heavy atom. The summed E-state index contributed by atoms with van der Waals surface area (Å²) in [4.78, 5) is 61.3. The Kier molecular flexibility index (Phi) is 16.9. The number of nitrogens with two attached hydrogens (primary N) is 1. The van der Waals surface area contributed by atoms with E-state index in [1.807, 2.05) is 0 Å². The molecule has 2 aliphatic carbocycles. The molecule has 0 bridgehead atoms. The first-order valence-corrected chi connectivity index (χ1v) is 26.1. The summed E-state index contributed by atoms with van der Waals surface area (Å²) in [6.07, 6.45) is 12.3. The van der Waals surface area contributed by atoms with Crippen LogP contribution >= 0.6 is 15.9 Å². The molecule has 7 N–H and O–H groups in total. The van der Waals surface area contributed by atoms with E-state index < -0.39 is 11.8 Å². The summed E-state index contributed by atoms with van der Waals surface area (Å²) in [6, 6.07) is 6.79. The van der Waals surface area contributed by atoms with Gasteiger partial charge in [-0.1, -0.05) is 0 Å². The van der Waals surface area contributed by atoms with E-state index in [-0.39, 0.29) is 76.9 Å². The molecule has 6 aliphatic rings. The summed E-state index contributed by atoms with van der Waals surface area (Å²) in [5.74, 6) is -4.04. The number of halogens is 5. The van der Waals surface area contributed by atoms with Gasteiger partial charge in [0.15, 0.2) is 0 Å². The fourth-order valence-electron chi connectivity index (χ4n) is 9.77. The Balaban J connectivity index is 0.000000182. The van der Waals surface area contributed by atoms with Crippen LogP contribution in [0.1, 0.15) is 109 Å². The highest BCUT2D eigenvalue weighted by Gasteiger charge is 2.46. The number of aliphatic hydroxyl groups excluding tert-OH is 2. The Bertz CT molecular complexity index is 2550. The second-order valence-electron chi connectivity index (χ2n) is 20.2.